The Morgan fingerprint density at radius 3 is 2.92 bits per heavy atom. The lowest BCUT2D eigenvalue weighted by atomic mass is 10.1. The first-order valence-electron chi connectivity index (χ1n) is 4.21. The Balaban J connectivity index is 2.61. The normalized spacial score (nSPS) is 10.5. The molecule has 0 radical (unpaired) electrons. The molecule has 0 aromatic carbocycles. The molecule has 0 saturated heterocycles. The first-order valence-corrected chi connectivity index (χ1v) is 4.21. The molecule has 0 atom stereocenters. The third-order valence-corrected chi connectivity index (χ3v) is 1.96. The van der Waals surface area contributed by atoms with Crippen LogP contribution >= 0.6 is 0 Å². The second-order valence-corrected chi connectivity index (χ2v) is 2.81. The second kappa shape index (κ2) is 3.49. The van der Waals surface area contributed by atoms with Crippen LogP contribution in [0.25, 0.3) is 11.0 Å². The Hall–Kier alpha value is -1.48. The van der Waals surface area contributed by atoms with Crippen molar-refractivity contribution in [3.8, 4) is 0 Å². The van der Waals surface area contributed by atoms with E-state index in [-0.39, 0.29) is 6.61 Å². The predicted molar refractivity (Wildman–Crippen MR) is 50.3 cm³/mol. The summed E-state index contributed by atoms with van der Waals surface area (Å²) >= 11 is 0. The van der Waals surface area contributed by atoms with E-state index < -0.39 is 0 Å². The summed E-state index contributed by atoms with van der Waals surface area (Å²) in [6.45, 7) is 0.148. The Morgan fingerprint density at radius 1 is 1.15 bits per heavy atom. The van der Waals surface area contributed by atoms with Crippen LogP contribution in [0.1, 0.15) is 5.56 Å². The van der Waals surface area contributed by atoms with Crippen LogP contribution in [0.5, 0.6) is 0 Å². The third kappa shape index (κ3) is 1.51. The van der Waals surface area contributed by atoms with E-state index in [1.165, 1.54) is 0 Å². The van der Waals surface area contributed by atoms with E-state index in [1.54, 1.807) is 12.4 Å². The number of rotatable bonds is 2. The number of fused-ring (bicyclic) bond motifs is 1. The van der Waals surface area contributed by atoms with Crippen LogP contribution in [0.3, 0.4) is 0 Å². The van der Waals surface area contributed by atoms with Gasteiger partial charge in [0.15, 0.2) is 0 Å². The minimum absolute atomic E-state index is 0.148. The Morgan fingerprint density at radius 2 is 2.08 bits per heavy atom. The van der Waals surface area contributed by atoms with Gasteiger partial charge in [0.2, 0.25) is 0 Å². The molecule has 3 heteroatoms. The zero-order chi connectivity index (χ0) is 9.10. The van der Waals surface area contributed by atoms with Gasteiger partial charge >= 0.3 is 0 Å². The van der Waals surface area contributed by atoms with Crippen LogP contribution in [-0.2, 0) is 6.42 Å². The molecular formula is C10H10N2O. The lowest BCUT2D eigenvalue weighted by Gasteiger charge is -2.01. The minimum atomic E-state index is 0.148. The average molecular weight is 174 g/mol. The standard InChI is InChI=1S/C10H10N2O/c13-7-4-8-3-6-11-9-2-1-5-12-10(8)9/h1-3,5-6,13H,4,7H2. The summed E-state index contributed by atoms with van der Waals surface area (Å²) < 4.78 is 0. The van der Waals surface area contributed by atoms with Crippen molar-refractivity contribution in [1.82, 2.24) is 9.97 Å². The van der Waals surface area contributed by atoms with Crippen molar-refractivity contribution < 1.29 is 5.11 Å². The van der Waals surface area contributed by atoms with Gasteiger partial charge < -0.3 is 5.11 Å². The highest BCUT2D eigenvalue weighted by Crippen LogP contribution is 2.13. The lowest BCUT2D eigenvalue weighted by molar-refractivity contribution is 0.300. The number of aliphatic hydroxyl groups excluding tert-OH is 1. The van der Waals surface area contributed by atoms with Crippen molar-refractivity contribution in [3.05, 3.63) is 36.2 Å². The maximum atomic E-state index is 8.83. The topological polar surface area (TPSA) is 46.0 Å². The van der Waals surface area contributed by atoms with Crippen molar-refractivity contribution in [2.24, 2.45) is 0 Å². The van der Waals surface area contributed by atoms with Crippen molar-refractivity contribution in [2.75, 3.05) is 6.61 Å². The molecule has 0 aliphatic heterocycles. The van der Waals surface area contributed by atoms with Crippen molar-refractivity contribution in [1.29, 1.82) is 0 Å². The summed E-state index contributed by atoms with van der Waals surface area (Å²) in [6.07, 6.45) is 4.12. The molecule has 2 heterocycles. The SMILES string of the molecule is OCCc1ccnc2cccnc12. The first kappa shape index (κ1) is 8.13. The van der Waals surface area contributed by atoms with Crippen molar-refractivity contribution in [3.63, 3.8) is 0 Å². The predicted octanol–water partition coefficient (Wildman–Crippen LogP) is 1.16. The lowest BCUT2D eigenvalue weighted by Crippen LogP contribution is -1.94. The maximum absolute atomic E-state index is 8.83. The fourth-order valence-corrected chi connectivity index (χ4v) is 1.36. The highest BCUT2D eigenvalue weighted by atomic mass is 16.2. The van der Waals surface area contributed by atoms with E-state index in [1.807, 2.05) is 18.2 Å². The quantitative estimate of drug-likeness (QED) is 0.743. The van der Waals surface area contributed by atoms with Gasteiger partial charge in [-0.1, -0.05) is 0 Å². The van der Waals surface area contributed by atoms with E-state index in [4.69, 9.17) is 5.11 Å². The van der Waals surface area contributed by atoms with Gasteiger partial charge in [-0.3, -0.25) is 9.97 Å². The molecule has 0 saturated carbocycles. The molecule has 2 aromatic rings. The molecule has 0 fully saturated rings. The number of nitrogens with zero attached hydrogens (tertiary/aromatic N) is 2. The molecule has 0 unspecified atom stereocenters. The number of hydrogen-bond donors (Lipinski definition) is 1. The average Bonchev–Trinajstić information content (AvgIpc) is 2.19. The number of aliphatic hydroxyl groups is 1. The zero-order valence-electron chi connectivity index (χ0n) is 7.14. The number of hydrogen-bond acceptors (Lipinski definition) is 3. The van der Waals surface area contributed by atoms with E-state index in [2.05, 4.69) is 9.97 Å². The molecular weight excluding hydrogens is 164 g/mol. The van der Waals surface area contributed by atoms with Gasteiger partial charge in [0.05, 0.1) is 11.0 Å². The summed E-state index contributed by atoms with van der Waals surface area (Å²) in [4.78, 5) is 8.41. The molecule has 0 aliphatic carbocycles. The molecule has 13 heavy (non-hydrogen) atoms. The largest absolute Gasteiger partial charge is 0.396 e. The molecule has 1 N–H and O–H groups in total. The Bertz CT molecular complexity index is 409. The fraction of sp³-hybridized carbons (Fsp3) is 0.200. The fourth-order valence-electron chi connectivity index (χ4n) is 1.36. The third-order valence-electron chi connectivity index (χ3n) is 1.96. The summed E-state index contributed by atoms with van der Waals surface area (Å²) in [5.41, 5.74) is 2.82. The van der Waals surface area contributed by atoms with Crippen LogP contribution in [0.4, 0.5) is 0 Å². The van der Waals surface area contributed by atoms with Gasteiger partial charge in [-0.05, 0) is 30.2 Å². The number of aromatic nitrogens is 2. The van der Waals surface area contributed by atoms with E-state index in [0.29, 0.717) is 6.42 Å². The second-order valence-electron chi connectivity index (χ2n) is 2.81. The van der Waals surface area contributed by atoms with E-state index >= 15 is 0 Å². The van der Waals surface area contributed by atoms with Crippen LogP contribution in [0.15, 0.2) is 30.6 Å². The van der Waals surface area contributed by atoms with Crippen LogP contribution < -0.4 is 0 Å². The Labute approximate surface area is 76.1 Å². The summed E-state index contributed by atoms with van der Waals surface area (Å²) in [5, 5.41) is 8.83. The van der Waals surface area contributed by atoms with Gasteiger partial charge in [-0.25, -0.2) is 0 Å². The minimum Gasteiger partial charge on any atom is -0.396 e. The van der Waals surface area contributed by atoms with Crippen molar-refractivity contribution >= 4 is 11.0 Å². The van der Waals surface area contributed by atoms with Gasteiger partial charge in [0.1, 0.15) is 0 Å². The van der Waals surface area contributed by atoms with Crippen LogP contribution in [0.2, 0.25) is 0 Å². The van der Waals surface area contributed by atoms with Gasteiger partial charge in [0, 0.05) is 19.0 Å². The van der Waals surface area contributed by atoms with Gasteiger partial charge in [0.25, 0.3) is 0 Å². The number of pyridine rings is 2. The maximum Gasteiger partial charge on any atom is 0.0919 e. The van der Waals surface area contributed by atoms with Crippen molar-refractivity contribution in [2.45, 2.75) is 6.42 Å². The highest BCUT2D eigenvalue weighted by Gasteiger charge is 2.00. The first-order chi connectivity index (χ1) is 6.42. The smallest absolute Gasteiger partial charge is 0.0919 e. The monoisotopic (exact) mass is 174 g/mol. The molecule has 3 nitrogen and oxygen atoms in total. The summed E-state index contributed by atoms with van der Waals surface area (Å²) in [6, 6.07) is 5.67. The van der Waals surface area contributed by atoms with Gasteiger partial charge in [-0.15, -0.1) is 0 Å². The highest BCUT2D eigenvalue weighted by molar-refractivity contribution is 5.77. The molecule has 66 valence electrons. The molecule has 2 aromatic heterocycles. The van der Waals surface area contributed by atoms with Crippen LogP contribution in [0, 0.1) is 0 Å². The molecule has 0 bridgehead atoms. The zero-order valence-corrected chi connectivity index (χ0v) is 7.14. The molecule has 0 amide bonds. The molecule has 0 aliphatic rings. The molecule has 2 rings (SSSR count). The van der Waals surface area contributed by atoms with E-state index in [0.717, 1.165) is 16.6 Å². The van der Waals surface area contributed by atoms with Crippen LogP contribution in [-0.4, -0.2) is 21.7 Å². The summed E-state index contributed by atoms with van der Waals surface area (Å²) in [5.74, 6) is 0. The molecule has 0 spiro atoms. The summed E-state index contributed by atoms with van der Waals surface area (Å²) in [7, 11) is 0. The van der Waals surface area contributed by atoms with E-state index in [9.17, 15) is 0 Å². The van der Waals surface area contributed by atoms with Gasteiger partial charge in [-0.2, -0.15) is 0 Å². The Kier molecular flexibility index (Phi) is 2.19.